The number of imide groups is 1. The molecule has 1 aliphatic carbocycles. The van der Waals surface area contributed by atoms with E-state index in [1.807, 2.05) is 6.92 Å². The molecular formula is C14H14N2O2. The minimum Gasteiger partial charge on any atom is -0.274 e. The smallest absolute Gasteiger partial charge is 0.239 e. The highest BCUT2D eigenvalue weighted by Gasteiger charge is 2.48. The van der Waals surface area contributed by atoms with E-state index in [0.717, 1.165) is 0 Å². The van der Waals surface area contributed by atoms with Crippen molar-refractivity contribution in [1.29, 1.82) is 0 Å². The Balaban J connectivity index is 1.96. The Morgan fingerprint density at radius 2 is 2.00 bits per heavy atom. The van der Waals surface area contributed by atoms with Crippen molar-refractivity contribution in [3.63, 3.8) is 0 Å². The second kappa shape index (κ2) is 4.05. The van der Waals surface area contributed by atoms with Crippen LogP contribution < -0.4 is 4.90 Å². The largest absolute Gasteiger partial charge is 0.274 e. The van der Waals surface area contributed by atoms with Crippen LogP contribution in [0.15, 0.2) is 36.0 Å². The maximum absolute atomic E-state index is 12.3. The molecule has 0 radical (unpaired) electrons. The van der Waals surface area contributed by atoms with Crippen molar-refractivity contribution in [2.75, 3.05) is 4.90 Å². The fraction of sp³-hybridized carbons (Fsp3) is 0.357. The van der Waals surface area contributed by atoms with Gasteiger partial charge in [0.25, 0.3) is 0 Å². The zero-order valence-electron chi connectivity index (χ0n) is 10.2. The number of amides is 2. The molecule has 1 saturated heterocycles. The van der Waals surface area contributed by atoms with Gasteiger partial charge in [-0.05, 0) is 31.9 Å². The Labute approximate surface area is 105 Å². The normalized spacial score (nSPS) is 27.2. The number of anilines is 1. The standard InChI is InChI=1S/C14H14N2O2/c1-9-5-6-10-11(8-9)14(18)16(13(10)17)12-4-2-3-7-15-12/h2-5,7,10-11H,6,8H2,1H3/t10-,11-/m0/s1. The van der Waals surface area contributed by atoms with Crippen molar-refractivity contribution in [2.45, 2.75) is 19.8 Å². The third-order valence-corrected chi connectivity index (χ3v) is 3.70. The van der Waals surface area contributed by atoms with Crippen molar-refractivity contribution in [3.8, 4) is 0 Å². The molecule has 2 heterocycles. The van der Waals surface area contributed by atoms with Crippen molar-refractivity contribution < 1.29 is 9.59 Å². The van der Waals surface area contributed by atoms with Crippen molar-refractivity contribution in [1.82, 2.24) is 4.98 Å². The van der Waals surface area contributed by atoms with E-state index in [4.69, 9.17) is 0 Å². The number of allylic oxidation sites excluding steroid dienone is 2. The van der Waals surface area contributed by atoms with E-state index in [1.165, 1.54) is 10.5 Å². The van der Waals surface area contributed by atoms with Crippen LogP contribution in [0.2, 0.25) is 0 Å². The highest BCUT2D eigenvalue weighted by molar-refractivity contribution is 6.21. The van der Waals surface area contributed by atoms with E-state index in [0.29, 0.717) is 18.7 Å². The van der Waals surface area contributed by atoms with Crippen molar-refractivity contribution in [2.24, 2.45) is 11.8 Å². The quantitative estimate of drug-likeness (QED) is 0.558. The number of carbonyl (C=O) groups is 2. The first-order valence-electron chi connectivity index (χ1n) is 6.13. The van der Waals surface area contributed by atoms with Gasteiger partial charge < -0.3 is 0 Å². The predicted octanol–water partition coefficient (Wildman–Crippen LogP) is 1.93. The zero-order chi connectivity index (χ0) is 12.7. The first kappa shape index (κ1) is 11.1. The molecule has 3 rings (SSSR count). The lowest BCUT2D eigenvalue weighted by Gasteiger charge is -2.18. The summed E-state index contributed by atoms with van der Waals surface area (Å²) < 4.78 is 0. The Bertz CT molecular complexity index is 536. The number of rotatable bonds is 1. The third kappa shape index (κ3) is 1.56. The van der Waals surface area contributed by atoms with Gasteiger partial charge in [0.05, 0.1) is 11.8 Å². The summed E-state index contributed by atoms with van der Waals surface area (Å²) in [4.78, 5) is 30.0. The summed E-state index contributed by atoms with van der Waals surface area (Å²) in [5.41, 5.74) is 1.19. The van der Waals surface area contributed by atoms with Crippen molar-refractivity contribution >= 4 is 17.6 Å². The lowest BCUT2D eigenvalue weighted by Crippen LogP contribution is -2.31. The second-order valence-corrected chi connectivity index (χ2v) is 4.90. The third-order valence-electron chi connectivity index (χ3n) is 3.70. The van der Waals surface area contributed by atoms with E-state index in [1.54, 1.807) is 24.4 Å². The van der Waals surface area contributed by atoms with Gasteiger partial charge in [0.2, 0.25) is 11.8 Å². The maximum Gasteiger partial charge on any atom is 0.239 e. The highest BCUT2D eigenvalue weighted by atomic mass is 16.2. The van der Waals surface area contributed by atoms with E-state index >= 15 is 0 Å². The first-order valence-corrected chi connectivity index (χ1v) is 6.13. The summed E-state index contributed by atoms with van der Waals surface area (Å²) in [5, 5.41) is 0. The average Bonchev–Trinajstić information content (AvgIpc) is 2.63. The number of hydrogen-bond donors (Lipinski definition) is 0. The van der Waals surface area contributed by atoms with Crippen molar-refractivity contribution in [3.05, 3.63) is 36.0 Å². The molecule has 2 amide bonds. The lowest BCUT2D eigenvalue weighted by molar-refractivity contribution is -0.122. The Kier molecular flexibility index (Phi) is 2.51. The van der Waals surface area contributed by atoms with Gasteiger partial charge in [-0.2, -0.15) is 0 Å². The molecular weight excluding hydrogens is 228 g/mol. The molecule has 1 aromatic heterocycles. The highest BCUT2D eigenvalue weighted by Crippen LogP contribution is 2.38. The van der Waals surface area contributed by atoms with Crippen LogP contribution in [0.25, 0.3) is 0 Å². The Hall–Kier alpha value is -1.97. The van der Waals surface area contributed by atoms with Gasteiger partial charge in [0, 0.05) is 6.20 Å². The van der Waals surface area contributed by atoms with Gasteiger partial charge >= 0.3 is 0 Å². The minimum absolute atomic E-state index is 0.101. The lowest BCUT2D eigenvalue weighted by atomic mass is 9.82. The molecule has 4 heteroatoms. The first-order chi connectivity index (χ1) is 8.68. The van der Waals surface area contributed by atoms with E-state index in [2.05, 4.69) is 11.1 Å². The number of fused-ring (bicyclic) bond motifs is 1. The summed E-state index contributed by atoms with van der Waals surface area (Å²) >= 11 is 0. The summed E-state index contributed by atoms with van der Waals surface area (Å²) in [6, 6.07) is 5.26. The molecule has 2 aliphatic rings. The molecule has 0 bridgehead atoms. The van der Waals surface area contributed by atoms with Crippen LogP contribution >= 0.6 is 0 Å². The van der Waals surface area contributed by atoms with Crippen LogP contribution in [-0.2, 0) is 9.59 Å². The molecule has 0 saturated carbocycles. The van der Waals surface area contributed by atoms with Gasteiger partial charge in [0.1, 0.15) is 5.82 Å². The number of pyridine rings is 1. The fourth-order valence-corrected chi connectivity index (χ4v) is 2.75. The molecule has 1 fully saturated rings. The number of aromatic nitrogens is 1. The molecule has 92 valence electrons. The summed E-state index contributed by atoms with van der Waals surface area (Å²) in [7, 11) is 0. The van der Waals surface area contributed by atoms with Crippen LogP contribution in [0.1, 0.15) is 19.8 Å². The average molecular weight is 242 g/mol. The van der Waals surface area contributed by atoms with E-state index in [-0.39, 0.29) is 23.7 Å². The molecule has 0 unspecified atom stereocenters. The Morgan fingerprint density at radius 3 is 2.72 bits per heavy atom. The Morgan fingerprint density at radius 1 is 1.22 bits per heavy atom. The molecule has 0 spiro atoms. The zero-order valence-corrected chi connectivity index (χ0v) is 10.2. The van der Waals surface area contributed by atoms with Crippen LogP contribution in [-0.4, -0.2) is 16.8 Å². The van der Waals surface area contributed by atoms with Crippen LogP contribution in [0, 0.1) is 11.8 Å². The summed E-state index contributed by atoms with van der Waals surface area (Å²) in [6.45, 7) is 2.01. The molecule has 1 aliphatic heterocycles. The van der Waals surface area contributed by atoms with Crippen LogP contribution in [0.4, 0.5) is 5.82 Å². The molecule has 18 heavy (non-hydrogen) atoms. The number of carbonyl (C=O) groups excluding carboxylic acids is 2. The van der Waals surface area contributed by atoms with Gasteiger partial charge in [0.15, 0.2) is 0 Å². The van der Waals surface area contributed by atoms with E-state index < -0.39 is 0 Å². The number of nitrogens with zero attached hydrogens (tertiary/aromatic N) is 2. The van der Waals surface area contributed by atoms with Gasteiger partial charge in [-0.3, -0.25) is 9.59 Å². The van der Waals surface area contributed by atoms with Crippen LogP contribution in [0.5, 0.6) is 0 Å². The SMILES string of the molecule is CC1=CC[C@@H]2C(=O)N(c3ccccn3)C(=O)[C@H]2C1. The summed E-state index contributed by atoms with van der Waals surface area (Å²) in [5.74, 6) is -0.143. The molecule has 0 aromatic carbocycles. The monoisotopic (exact) mass is 242 g/mol. The second-order valence-electron chi connectivity index (χ2n) is 4.90. The van der Waals surface area contributed by atoms with Gasteiger partial charge in [-0.15, -0.1) is 0 Å². The van der Waals surface area contributed by atoms with Gasteiger partial charge in [-0.1, -0.05) is 17.7 Å². The molecule has 4 nitrogen and oxygen atoms in total. The topological polar surface area (TPSA) is 50.3 Å². The molecule has 2 atom stereocenters. The predicted molar refractivity (Wildman–Crippen MR) is 66.7 cm³/mol. The van der Waals surface area contributed by atoms with Gasteiger partial charge in [-0.25, -0.2) is 9.88 Å². The maximum atomic E-state index is 12.3. The summed E-state index contributed by atoms with van der Waals surface area (Å²) in [6.07, 6.45) is 5.03. The fourth-order valence-electron chi connectivity index (χ4n) is 2.75. The van der Waals surface area contributed by atoms with E-state index in [9.17, 15) is 9.59 Å². The molecule has 0 N–H and O–H groups in total. The number of hydrogen-bond acceptors (Lipinski definition) is 3. The molecule has 1 aromatic rings. The van der Waals surface area contributed by atoms with Crippen LogP contribution in [0.3, 0.4) is 0 Å². The minimum atomic E-state index is -0.191.